The summed E-state index contributed by atoms with van der Waals surface area (Å²) in [6.45, 7) is 5.54. The number of unbranched alkanes of at least 4 members (excludes halogenated alkanes) is 1. The maximum Gasteiger partial charge on any atom is 0.251 e. The lowest BCUT2D eigenvalue weighted by molar-refractivity contribution is 0.0910. The lowest BCUT2D eigenvalue weighted by atomic mass is 10.0. The Balaban J connectivity index is 1.79. The number of aromatic nitrogens is 1. The molecular weight excluding hydrogens is 274 g/mol. The topological polar surface area (TPSA) is 45.2 Å². The Bertz CT molecular complexity index is 444. The molecule has 2 heterocycles. The van der Waals surface area contributed by atoms with Crippen molar-refractivity contribution in [3.05, 3.63) is 29.0 Å². The number of amides is 1. The quantitative estimate of drug-likeness (QED) is 0.850. The third-order valence-corrected chi connectivity index (χ3v) is 3.95. The molecule has 0 unspecified atom stereocenters. The lowest BCUT2D eigenvalue weighted by Crippen LogP contribution is -2.44. The fraction of sp³-hybridized carbons (Fsp3) is 0.600. The number of carbonyl (C=O) groups excluding carboxylic acids is 1. The van der Waals surface area contributed by atoms with Crippen molar-refractivity contribution in [2.45, 2.75) is 38.6 Å². The van der Waals surface area contributed by atoms with Gasteiger partial charge in [0.2, 0.25) is 0 Å². The fourth-order valence-electron chi connectivity index (χ4n) is 2.50. The maximum atomic E-state index is 12.1. The second kappa shape index (κ2) is 7.60. The molecular formula is C15H22ClN3O. The van der Waals surface area contributed by atoms with Gasteiger partial charge in [0.15, 0.2) is 0 Å². The van der Waals surface area contributed by atoms with Crippen molar-refractivity contribution in [1.82, 2.24) is 15.2 Å². The number of halogens is 1. The van der Waals surface area contributed by atoms with Gasteiger partial charge in [0.05, 0.1) is 0 Å². The van der Waals surface area contributed by atoms with Crippen LogP contribution in [0.3, 0.4) is 0 Å². The minimum atomic E-state index is -0.0543. The smallest absolute Gasteiger partial charge is 0.251 e. The molecule has 0 bridgehead atoms. The van der Waals surface area contributed by atoms with E-state index in [4.69, 9.17) is 11.6 Å². The summed E-state index contributed by atoms with van der Waals surface area (Å²) in [7, 11) is 0. The predicted molar refractivity (Wildman–Crippen MR) is 81.1 cm³/mol. The average molecular weight is 296 g/mol. The molecule has 0 aliphatic carbocycles. The molecule has 110 valence electrons. The molecule has 1 aliphatic rings. The number of nitrogens with one attached hydrogen (secondary N) is 1. The zero-order chi connectivity index (χ0) is 14.4. The van der Waals surface area contributed by atoms with Crippen molar-refractivity contribution in [1.29, 1.82) is 0 Å². The van der Waals surface area contributed by atoms with Crippen molar-refractivity contribution in [2.75, 3.05) is 19.6 Å². The van der Waals surface area contributed by atoms with Crippen LogP contribution in [-0.4, -0.2) is 41.5 Å². The molecule has 0 aromatic carbocycles. The highest BCUT2D eigenvalue weighted by molar-refractivity contribution is 6.29. The predicted octanol–water partition coefficient (Wildman–Crippen LogP) is 2.73. The molecule has 1 amide bonds. The van der Waals surface area contributed by atoms with Gasteiger partial charge in [-0.1, -0.05) is 24.9 Å². The highest BCUT2D eigenvalue weighted by atomic mass is 35.5. The van der Waals surface area contributed by atoms with Crippen molar-refractivity contribution < 1.29 is 4.79 Å². The van der Waals surface area contributed by atoms with Crippen LogP contribution in [0, 0.1) is 0 Å². The fourth-order valence-corrected chi connectivity index (χ4v) is 2.67. The highest BCUT2D eigenvalue weighted by Gasteiger charge is 2.20. The van der Waals surface area contributed by atoms with Gasteiger partial charge in [-0.15, -0.1) is 0 Å². The van der Waals surface area contributed by atoms with Crippen molar-refractivity contribution in [2.24, 2.45) is 0 Å². The van der Waals surface area contributed by atoms with Gasteiger partial charge in [-0.05, 0) is 37.9 Å². The molecule has 5 heteroatoms. The van der Waals surface area contributed by atoms with Gasteiger partial charge >= 0.3 is 0 Å². The van der Waals surface area contributed by atoms with Gasteiger partial charge in [-0.25, -0.2) is 4.98 Å². The summed E-state index contributed by atoms with van der Waals surface area (Å²) in [5.74, 6) is -0.0543. The van der Waals surface area contributed by atoms with Crippen LogP contribution >= 0.6 is 11.6 Å². The molecule has 1 fully saturated rings. The Kier molecular flexibility index (Phi) is 5.80. The third kappa shape index (κ3) is 4.46. The second-order valence-corrected chi connectivity index (χ2v) is 5.70. The molecule has 2 rings (SSSR count). The molecule has 0 saturated carbocycles. The molecule has 1 aromatic heterocycles. The summed E-state index contributed by atoms with van der Waals surface area (Å²) in [5.41, 5.74) is 0.582. The van der Waals surface area contributed by atoms with E-state index in [9.17, 15) is 4.79 Å². The van der Waals surface area contributed by atoms with Crippen LogP contribution < -0.4 is 5.32 Å². The van der Waals surface area contributed by atoms with E-state index < -0.39 is 0 Å². The molecule has 1 saturated heterocycles. The standard InChI is InChI=1S/C15H22ClN3O/c1-2-3-8-19-9-5-13(6-10-19)18-15(20)12-4-7-17-14(16)11-12/h4,7,11,13H,2-3,5-6,8-10H2,1H3,(H,18,20). The molecule has 0 radical (unpaired) electrons. The van der Waals surface area contributed by atoms with Crippen molar-refractivity contribution in [3.8, 4) is 0 Å². The van der Waals surface area contributed by atoms with Crippen molar-refractivity contribution >= 4 is 17.5 Å². The van der Waals surface area contributed by atoms with Gasteiger partial charge in [0.25, 0.3) is 5.91 Å². The SMILES string of the molecule is CCCCN1CCC(NC(=O)c2ccnc(Cl)c2)CC1. The van der Waals surface area contributed by atoms with E-state index in [0.717, 1.165) is 25.9 Å². The molecule has 0 atom stereocenters. The summed E-state index contributed by atoms with van der Waals surface area (Å²) in [5, 5.41) is 3.44. The minimum absolute atomic E-state index is 0.0543. The summed E-state index contributed by atoms with van der Waals surface area (Å²) < 4.78 is 0. The van der Waals surface area contributed by atoms with Crippen LogP contribution in [0.25, 0.3) is 0 Å². The molecule has 4 nitrogen and oxygen atoms in total. The first kappa shape index (κ1) is 15.3. The minimum Gasteiger partial charge on any atom is -0.349 e. The van der Waals surface area contributed by atoms with Gasteiger partial charge in [-0.3, -0.25) is 4.79 Å². The number of rotatable bonds is 5. The monoisotopic (exact) mass is 295 g/mol. The summed E-state index contributed by atoms with van der Waals surface area (Å²) >= 11 is 5.80. The number of nitrogens with zero attached hydrogens (tertiary/aromatic N) is 2. The highest BCUT2D eigenvalue weighted by Crippen LogP contribution is 2.13. The van der Waals surface area contributed by atoms with Crippen LogP contribution in [0.5, 0.6) is 0 Å². The first-order valence-electron chi connectivity index (χ1n) is 7.34. The summed E-state index contributed by atoms with van der Waals surface area (Å²) in [4.78, 5) is 18.5. The van der Waals surface area contributed by atoms with Gasteiger partial charge in [0.1, 0.15) is 5.15 Å². The maximum absolute atomic E-state index is 12.1. The van der Waals surface area contributed by atoms with E-state index in [1.54, 1.807) is 18.3 Å². The zero-order valence-electron chi connectivity index (χ0n) is 11.9. The average Bonchev–Trinajstić information content (AvgIpc) is 2.46. The first-order valence-corrected chi connectivity index (χ1v) is 7.71. The molecule has 0 spiro atoms. The van der Waals surface area contributed by atoms with Gasteiger partial charge in [-0.2, -0.15) is 0 Å². The normalized spacial score (nSPS) is 17.1. The van der Waals surface area contributed by atoms with E-state index in [-0.39, 0.29) is 11.9 Å². The summed E-state index contributed by atoms with van der Waals surface area (Å²) in [6.07, 6.45) is 6.10. The van der Waals surface area contributed by atoms with E-state index >= 15 is 0 Å². The zero-order valence-corrected chi connectivity index (χ0v) is 12.7. The number of likely N-dealkylation sites (tertiary alicyclic amines) is 1. The van der Waals surface area contributed by atoms with E-state index in [0.29, 0.717) is 10.7 Å². The van der Waals surface area contributed by atoms with Crippen LogP contribution in [0.2, 0.25) is 5.15 Å². The number of hydrogen-bond donors (Lipinski definition) is 1. The van der Waals surface area contributed by atoms with Crippen LogP contribution in [0.1, 0.15) is 43.0 Å². The number of carbonyl (C=O) groups is 1. The lowest BCUT2D eigenvalue weighted by Gasteiger charge is -2.32. The number of hydrogen-bond acceptors (Lipinski definition) is 3. The van der Waals surface area contributed by atoms with Crippen LogP contribution in [0.4, 0.5) is 0 Å². The Morgan fingerprint density at radius 2 is 2.25 bits per heavy atom. The molecule has 1 aliphatic heterocycles. The molecule has 20 heavy (non-hydrogen) atoms. The first-order chi connectivity index (χ1) is 9.69. The van der Waals surface area contributed by atoms with E-state index in [2.05, 4.69) is 22.1 Å². The third-order valence-electron chi connectivity index (χ3n) is 3.74. The Hall–Kier alpha value is -1.13. The summed E-state index contributed by atoms with van der Waals surface area (Å²) in [6, 6.07) is 3.57. The molecule has 1 aromatic rings. The van der Waals surface area contributed by atoms with Crippen molar-refractivity contribution in [3.63, 3.8) is 0 Å². The largest absolute Gasteiger partial charge is 0.349 e. The second-order valence-electron chi connectivity index (χ2n) is 5.31. The Morgan fingerprint density at radius 1 is 1.50 bits per heavy atom. The van der Waals surface area contributed by atoms with E-state index in [1.165, 1.54) is 19.4 Å². The number of pyridine rings is 1. The Morgan fingerprint density at radius 3 is 2.90 bits per heavy atom. The van der Waals surface area contributed by atoms with E-state index in [1.807, 2.05) is 0 Å². The molecule has 1 N–H and O–H groups in total. The van der Waals surface area contributed by atoms with Crippen LogP contribution in [0.15, 0.2) is 18.3 Å². The van der Waals surface area contributed by atoms with Gasteiger partial charge < -0.3 is 10.2 Å². The Labute approximate surface area is 125 Å². The van der Waals surface area contributed by atoms with Gasteiger partial charge in [0, 0.05) is 30.9 Å². The van der Waals surface area contributed by atoms with Crippen LogP contribution in [-0.2, 0) is 0 Å². The number of piperidine rings is 1.